The Morgan fingerprint density at radius 1 is 0.641 bits per heavy atom. The topological polar surface area (TPSA) is 376 Å². The summed E-state index contributed by atoms with van der Waals surface area (Å²) in [6.07, 6.45) is 1.49. The van der Waals surface area contributed by atoms with E-state index in [0.717, 1.165) is 5.52 Å². The second-order valence-corrected chi connectivity index (χ2v) is 20.1. The van der Waals surface area contributed by atoms with Crippen LogP contribution in [0, 0.1) is 0 Å². The number of H-pyrrole nitrogens is 1. The number of nitrogens with one attached hydrogen (secondary N) is 8. The number of benzene rings is 3. The van der Waals surface area contributed by atoms with Gasteiger partial charge in [-0.3, -0.25) is 38.4 Å². The van der Waals surface area contributed by atoms with Crippen LogP contribution in [-0.2, 0) is 72.8 Å². The van der Waals surface area contributed by atoms with Crippen LogP contribution in [0.4, 0.5) is 4.79 Å². The normalized spacial score (nSPS) is 13.6. The summed E-state index contributed by atoms with van der Waals surface area (Å²) in [6, 6.07) is 12.4. The number of carboxylic acids is 1. The number of para-hydroxylation sites is 1. The van der Waals surface area contributed by atoms with Gasteiger partial charge < -0.3 is 66.5 Å². The van der Waals surface area contributed by atoms with Gasteiger partial charge in [0, 0.05) is 36.4 Å². The minimum absolute atomic E-state index is 0. The first-order chi connectivity index (χ1) is 36.3. The van der Waals surface area contributed by atoms with Crippen LogP contribution in [0.2, 0.25) is 0 Å². The van der Waals surface area contributed by atoms with E-state index in [4.69, 9.17) is 10.5 Å². The summed E-state index contributed by atoms with van der Waals surface area (Å²) >= 11 is 0. The molecule has 6 atom stereocenters. The third-order valence-corrected chi connectivity index (χ3v) is 12.1. The van der Waals surface area contributed by atoms with Crippen LogP contribution >= 0.6 is 0 Å². The minimum atomic E-state index is -5.07. The zero-order valence-corrected chi connectivity index (χ0v) is 47.3. The average molecular weight is 1110 g/mol. The van der Waals surface area contributed by atoms with Crippen molar-refractivity contribution in [1.29, 1.82) is 0 Å². The van der Waals surface area contributed by atoms with Crippen LogP contribution in [0.1, 0.15) is 96.3 Å². The summed E-state index contributed by atoms with van der Waals surface area (Å²) in [7, 11) is -5.07. The third kappa shape index (κ3) is 22.9. The number of nitrogens with two attached hydrogens (primary N) is 1. The smallest absolute Gasteiger partial charge is 0.716 e. The molecule has 0 saturated carbocycles. The zero-order valence-electron chi connectivity index (χ0n) is 44.5. The number of carbonyl (C=O) groups excluding carboxylic acids is 8. The summed E-state index contributed by atoms with van der Waals surface area (Å²) in [6.45, 7) is 7.79. The fraction of sp³-hybridized carbons (Fsp3) is 0.442. The molecule has 78 heavy (non-hydrogen) atoms. The van der Waals surface area contributed by atoms with E-state index in [-0.39, 0.29) is 67.4 Å². The first-order valence-electron chi connectivity index (χ1n) is 25.0. The number of aromatic amines is 1. The van der Waals surface area contributed by atoms with Crippen LogP contribution in [-0.4, -0.2) is 125 Å². The van der Waals surface area contributed by atoms with E-state index in [1.54, 1.807) is 81.6 Å². The van der Waals surface area contributed by atoms with Crippen LogP contribution < -0.4 is 76.7 Å². The second kappa shape index (κ2) is 31.4. The maximum absolute atomic E-state index is 14.4. The Kier molecular flexibility index (Phi) is 26.2. The number of alkyl carbamates (subject to hydrolysis) is 1. The van der Waals surface area contributed by atoms with Crippen LogP contribution in [0.5, 0.6) is 5.75 Å². The monoisotopic (exact) mass is 1110 g/mol. The number of hydrogen-bond acceptors (Lipinski definition) is 14. The SMILES string of the molecule is CCCC[C@H](NC(=O)[C@H](Cc1c[nH]c2ccccc12)NC(=O)CNC(=O)[C@H](CCCC)NC(=O)[C@@H](Cc1ccc(OS(=O)(=O)[O-])cc1)NC(=O)OC(C)(C)C)C(=O)N[C@@H](CC(=O)O)C(=O)N[C@@H](Cc1ccccc1)C(N)=O.[Na+]. The predicted octanol–water partition coefficient (Wildman–Crippen LogP) is -1.19. The largest absolute Gasteiger partial charge is 1.00 e. The van der Waals surface area contributed by atoms with E-state index in [1.165, 1.54) is 24.3 Å². The fourth-order valence-electron chi connectivity index (χ4n) is 7.86. The van der Waals surface area contributed by atoms with Crippen LogP contribution in [0.25, 0.3) is 10.9 Å². The van der Waals surface area contributed by atoms with Crippen molar-refractivity contribution >= 4 is 74.7 Å². The molecule has 4 rings (SSSR count). The van der Waals surface area contributed by atoms with Gasteiger partial charge in [0.2, 0.25) is 41.4 Å². The molecule has 0 spiro atoms. The Balaban J connectivity index is 0.0000160. The van der Waals surface area contributed by atoms with Crippen molar-refractivity contribution in [2.75, 3.05) is 6.54 Å². The van der Waals surface area contributed by atoms with Crippen molar-refractivity contribution in [2.45, 2.75) is 141 Å². The van der Waals surface area contributed by atoms with Crippen LogP contribution in [0.3, 0.4) is 0 Å². The van der Waals surface area contributed by atoms with Crippen molar-refractivity contribution in [3.8, 4) is 5.75 Å². The number of fused-ring (bicyclic) bond motifs is 1. The zero-order chi connectivity index (χ0) is 56.9. The van der Waals surface area contributed by atoms with E-state index in [0.29, 0.717) is 47.8 Å². The number of carbonyl (C=O) groups is 9. The van der Waals surface area contributed by atoms with Gasteiger partial charge in [-0.15, -0.1) is 0 Å². The van der Waals surface area contributed by atoms with E-state index < -0.39 is 119 Å². The molecule has 1 aromatic heterocycles. The number of amides is 8. The number of aromatic nitrogens is 1. The molecule has 26 heteroatoms. The van der Waals surface area contributed by atoms with Crippen molar-refractivity contribution < 1.29 is 99.7 Å². The maximum atomic E-state index is 14.4. The number of aliphatic carboxylic acids is 1. The van der Waals surface area contributed by atoms with Crippen molar-refractivity contribution in [2.24, 2.45) is 5.73 Å². The number of carboxylic acid groups (broad SMARTS) is 1. The van der Waals surface area contributed by atoms with Gasteiger partial charge in [0.25, 0.3) is 10.4 Å². The van der Waals surface area contributed by atoms with E-state index >= 15 is 0 Å². The average Bonchev–Trinajstić information content (AvgIpc) is 3.77. The first-order valence-corrected chi connectivity index (χ1v) is 26.3. The van der Waals surface area contributed by atoms with Crippen molar-refractivity contribution in [3.05, 3.63) is 102 Å². The molecule has 0 aliphatic heterocycles. The molecule has 8 amide bonds. The van der Waals surface area contributed by atoms with E-state index in [1.807, 2.05) is 13.8 Å². The summed E-state index contributed by atoms with van der Waals surface area (Å²) < 4.78 is 43.0. The minimum Gasteiger partial charge on any atom is -0.716 e. The van der Waals surface area contributed by atoms with E-state index in [2.05, 4.69) is 46.4 Å². The molecule has 0 unspecified atom stereocenters. The molecule has 24 nitrogen and oxygen atoms in total. The summed E-state index contributed by atoms with van der Waals surface area (Å²) in [5.41, 5.74) is 6.95. The fourth-order valence-corrected chi connectivity index (χ4v) is 8.21. The molecule has 0 saturated heterocycles. The number of hydrogen-bond donors (Lipinski definition) is 10. The molecule has 4 aromatic rings. The molecule has 0 bridgehead atoms. The third-order valence-electron chi connectivity index (χ3n) is 11.7. The summed E-state index contributed by atoms with van der Waals surface area (Å²) in [5.74, 6) is -7.93. The van der Waals surface area contributed by atoms with Crippen LogP contribution in [0.15, 0.2) is 85.1 Å². The Morgan fingerprint density at radius 3 is 1.71 bits per heavy atom. The second-order valence-electron chi connectivity index (χ2n) is 19.2. The molecular formula is C52H68N9NaO15S. The van der Waals surface area contributed by atoms with Crippen molar-refractivity contribution in [1.82, 2.24) is 42.2 Å². The molecule has 3 aromatic carbocycles. The maximum Gasteiger partial charge on any atom is 1.00 e. The van der Waals surface area contributed by atoms with E-state index in [9.17, 15) is 61.2 Å². The van der Waals surface area contributed by atoms with Gasteiger partial charge in [-0.05, 0) is 68.5 Å². The molecule has 0 aliphatic carbocycles. The van der Waals surface area contributed by atoms with Gasteiger partial charge in [0.15, 0.2) is 0 Å². The summed E-state index contributed by atoms with van der Waals surface area (Å²) in [4.78, 5) is 124. The van der Waals surface area contributed by atoms with Gasteiger partial charge in [-0.1, -0.05) is 100 Å². The summed E-state index contributed by atoms with van der Waals surface area (Å²) in [5, 5.41) is 28.2. The molecule has 0 radical (unpaired) electrons. The quantitative estimate of drug-likeness (QED) is 0.0167. The van der Waals surface area contributed by atoms with Gasteiger partial charge in [-0.25, -0.2) is 13.2 Å². The Morgan fingerprint density at radius 2 is 1.14 bits per heavy atom. The Bertz CT molecular complexity index is 2810. The molecule has 11 N–H and O–H groups in total. The van der Waals surface area contributed by atoms with Gasteiger partial charge in [0.05, 0.1) is 13.0 Å². The molecule has 0 aliphatic rings. The number of rotatable bonds is 30. The number of primary amides is 1. The molecule has 418 valence electrons. The van der Waals surface area contributed by atoms with Gasteiger partial charge in [-0.2, -0.15) is 0 Å². The molecule has 1 heterocycles. The Hall–Kier alpha value is -7.06. The first kappa shape index (κ1) is 65.2. The standard InChI is InChI=1S/C52H69N9O15S.Na/c1-6-8-18-37(57-48(68)40(61-51(71)75-52(3,4)5)26-32-21-23-34(24-22-32)76-77(72,73)74)46(66)55-30-43(62)56-41(27-33-29-54-36-20-14-13-17-35(33)36)49(69)58-38(19-9-7-2)47(67)60-42(28-44(63)64)50(70)59-39(45(53)65)25-31-15-11-10-12-16-31;/h10-17,20-24,29,37-42,54H,6-9,18-19,25-28,30H2,1-5H3,(H2,53,65)(H,55,66)(H,56,62)(H,57,68)(H,58,69)(H,59,70)(H,60,67)(H,61,71)(H,63,64)(H,72,73,74);/q;+1/p-1/t37-,38-,39-,40+,41-,42-;/m0./s1. The van der Waals surface area contributed by atoms with Gasteiger partial charge >= 0.3 is 41.6 Å². The van der Waals surface area contributed by atoms with Gasteiger partial charge in [0.1, 0.15) is 47.6 Å². The molecule has 0 fully saturated rings. The number of ether oxygens (including phenoxy) is 1. The number of unbranched alkanes of at least 4 members (excludes halogenated alkanes) is 2. The van der Waals surface area contributed by atoms with Crippen molar-refractivity contribution in [3.63, 3.8) is 0 Å². The molecular weight excluding hydrogens is 1050 g/mol. The predicted molar refractivity (Wildman–Crippen MR) is 279 cm³/mol. The Labute approximate surface area is 474 Å².